The number of benzene rings is 1. The van der Waals surface area contributed by atoms with E-state index < -0.39 is 11.6 Å². The lowest BCUT2D eigenvalue weighted by Gasteiger charge is -2.14. The van der Waals surface area contributed by atoms with Crippen LogP contribution in [0.15, 0.2) is 47.6 Å². The topological polar surface area (TPSA) is 38.9 Å². The van der Waals surface area contributed by atoms with Crippen molar-refractivity contribution in [3.63, 3.8) is 0 Å². The van der Waals surface area contributed by atoms with Crippen molar-refractivity contribution in [2.45, 2.75) is 10.1 Å². The number of nitrogens with zero attached hydrogens (tertiary/aromatic N) is 1. The molecule has 94 valence electrons. The first-order valence-electron chi connectivity index (χ1n) is 5.42. The van der Waals surface area contributed by atoms with Crippen molar-refractivity contribution < 1.29 is 8.78 Å². The summed E-state index contributed by atoms with van der Waals surface area (Å²) in [5, 5.41) is -0.144. The van der Waals surface area contributed by atoms with Crippen molar-refractivity contribution in [2.75, 3.05) is 6.54 Å². The molecule has 2 aromatic rings. The fourth-order valence-electron chi connectivity index (χ4n) is 1.54. The molecule has 2 N–H and O–H groups in total. The Bertz CT molecular complexity index is 520. The maximum Gasteiger partial charge on any atom is 0.136 e. The lowest BCUT2D eigenvalue weighted by atomic mass is 10.2. The van der Waals surface area contributed by atoms with Gasteiger partial charge < -0.3 is 5.73 Å². The summed E-state index contributed by atoms with van der Waals surface area (Å²) in [6.07, 6.45) is 3.34. The summed E-state index contributed by atoms with van der Waals surface area (Å²) in [6, 6.07) is 7.06. The van der Waals surface area contributed by atoms with Gasteiger partial charge in [-0.25, -0.2) is 8.78 Å². The molecule has 0 saturated heterocycles. The monoisotopic (exact) mass is 266 g/mol. The van der Waals surface area contributed by atoms with Gasteiger partial charge in [0.2, 0.25) is 0 Å². The molecule has 5 heteroatoms. The smallest absolute Gasteiger partial charge is 0.136 e. The normalized spacial score (nSPS) is 12.4. The highest BCUT2D eigenvalue weighted by atomic mass is 32.2. The molecule has 0 aliphatic carbocycles. The van der Waals surface area contributed by atoms with E-state index in [2.05, 4.69) is 4.98 Å². The van der Waals surface area contributed by atoms with Crippen molar-refractivity contribution in [2.24, 2.45) is 5.73 Å². The van der Waals surface area contributed by atoms with Gasteiger partial charge in [-0.15, -0.1) is 11.8 Å². The van der Waals surface area contributed by atoms with Gasteiger partial charge in [0.25, 0.3) is 0 Å². The molecule has 1 unspecified atom stereocenters. The fraction of sp³-hybridized carbons (Fsp3) is 0.154. The number of rotatable bonds is 4. The average molecular weight is 266 g/mol. The molecule has 0 amide bonds. The number of thioether (sulfide) groups is 1. The molecule has 1 aromatic heterocycles. The molecule has 18 heavy (non-hydrogen) atoms. The minimum atomic E-state index is -0.458. The second kappa shape index (κ2) is 5.93. The van der Waals surface area contributed by atoms with Gasteiger partial charge in [-0.3, -0.25) is 4.98 Å². The highest BCUT2D eigenvalue weighted by molar-refractivity contribution is 7.99. The summed E-state index contributed by atoms with van der Waals surface area (Å²) in [5.74, 6) is -0.899. The highest BCUT2D eigenvalue weighted by Gasteiger charge is 2.14. The lowest BCUT2D eigenvalue weighted by molar-refractivity contribution is 0.576. The Hall–Kier alpha value is -1.46. The van der Waals surface area contributed by atoms with Crippen LogP contribution < -0.4 is 5.73 Å². The molecule has 0 spiro atoms. The molecule has 2 rings (SSSR count). The third-order valence-corrected chi connectivity index (χ3v) is 3.75. The summed E-state index contributed by atoms with van der Waals surface area (Å²) in [6.45, 7) is 0.326. The third-order valence-electron chi connectivity index (χ3n) is 2.43. The van der Waals surface area contributed by atoms with E-state index in [0.717, 1.165) is 17.7 Å². The summed E-state index contributed by atoms with van der Waals surface area (Å²) in [4.78, 5) is 4.26. The van der Waals surface area contributed by atoms with E-state index in [9.17, 15) is 8.78 Å². The molecule has 0 radical (unpaired) electrons. The Balaban J connectivity index is 2.23. The molecular weight excluding hydrogens is 254 g/mol. The molecule has 0 aliphatic rings. The lowest BCUT2D eigenvalue weighted by Crippen LogP contribution is -2.09. The van der Waals surface area contributed by atoms with Crippen LogP contribution in [0.3, 0.4) is 0 Å². The van der Waals surface area contributed by atoms with Crippen LogP contribution in [0, 0.1) is 11.6 Å². The van der Waals surface area contributed by atoms with Crippen LogP contribution in [-0.4, -0.2) is 11.5 Å². The third kappa shape index (κ3) is 3.05. The summed E-state index contributed by atoms with van der Waals surface area (Å²) in [7, 11) is 0. The van der Waals surface area contributed by atoms with Crippen LogP contribution in [0.5, 0.6) is 0 Å². The standard InChI is InChI=1S/C13H12F2N2S/c14-10-3-4-11(15)12(6-10)18-13(7-16)9-2-1-5-17-8-9/h1-6,8,13H,7,16H2. The summed E-state index contributed by atoms with van der Waals surface area (Å²) < 4.78 is 26.6. The molecule has 1 heterocycles. The van der Waals surface area contributed by atoms with Gasteiger partial charge in [0.05, 0.1) is 0 Å². The van der Waals surface area contributed by atoms with Crippen LogP contribution in [0.2, 0.25) is 0 Å². The molecule has 0 saturated carbocycles. The largest absolute Gasteiger partial charge is 0.329 e. The first kappa shape index (κ1) is 13.0. The number of hydrogen-bond donors (Lipinski definition) is 1. The maximum absolute atomic E-state index is 13.5. The minimum Gasteiger partial charge on any atom is -0.329 e. The van der Waals surface area contributed by atoms with Crippen molar-refractivity contribution in [1.29, 1.82) is 0 Å². The van der Waals surface area contributed by atoms with E-state index in [1.807, 2.05) is 6.07 Å². The maximum atomic E-state index is 13.5. The van der Waals surface area contributed by atoms with Gasteiger partial charge in [0.1, 0.15) is 11.6 Å². The van der Waals surface area contributed by atoms with Gasteiger partial charge in [-0.05, 0) is 29.8 Å². The molecule has 1 aromatic carbocycles. The first-order chi connectivity index (χ1) is 8.70. The van der Waals surface area contributed by atoms with E-state index in [-0.39, 0.29) is 10.1 Å². The van der Waals surface area contributed by atoms with Gasteiger partial charge in [-0.1, -0.05) is 6.07 Å². The van der Waals surface area contributed by atoms with Gasteiger partial charge in [-0.2, -0.15) is 0 Å². The molecular formula is C13H12F2N2S. The quantitative estimate of drug-likeness (QED) is 0.864. The van der Waals surface area contributed by atoms with Gasteiger partial charge >= 0.3 is 0 Å². The number of hydrogen-bond acceptors (Lipinski definition) is 3. The zero-order valence-corrected chi connectivity index (χ0v) is 10.3. The van der Waals surface area contributed by atoms with Crippen LogP contribution in [-0.2, 0) is 0 Å². The highest BCUT2D eigenvalue weighted by Crippen LogP contribution is 2.35. The van der Waals surface area contributed by atoms with Crippen LogP contribution in [0.25, 0.3) is 0 Å². The predicted octanol–water partition coefficient (Wildman–Crippen LogP) is 3.15. The zero-order valence-electron chi connectivity index (χ0n) is 9.51. The van der Waals surface area contributed by atoms with Crippen molar-refractivity contribution >= 4 is 11.8 Å². The molecule has 0 bridgehead atoms. The van der Waals surface area contributed by atoms with Crippen molar-refractivity contribution in [3.05, 3.63) is 59.9 Å². The zero-order chi connectivity index (χ0) is 13.0. The minimum absolute atomic E-state index is 0.144. The van der Waals surface area contributed by atoms with Crippen LogP contribution >= 0.6 is 11.8 Å². The Morgan fingerprint density at radius 1 is 1.28 bits per heavy atom. The Morgan fingerprint density at radius 3 is 2.78 bits per heavy atom. The Kier molecular flexibility index (Phi) is 4.28. The SMILES string of the molecule is NCC(Sc1cc(F)ccc1F)c1cccnc1. The van der Waals surface area contributed by atoms with Crippen molar-refractivity contribution in [1.82, 2.24) is 4.98 Å². The number of halogens is 2. The Morgan fingerprint density at radius 2 is 2.11 bits per heavy atom. The predicted molar refractivity (Wildman–Crippen MR) is 68.2 cm³/mol. The molecule has 0 fully saturated rings. The van der Waals surface area contributed by atoms with E-state index in [1.54, 1.807) is 18.5 Å². The van der Waals surface area contributed by atoms with Crippen molar-refractivity contribution in [3.8, 4) is 0 Å². The first-order valence-corrected chi connectivity index (χ1v) is 6.30. The molecule has 2 nitrogen and oxygen atoms in total. The second-order valence-corrected chi connectivity index (χ2v) is 4.95. The summed E-state index contributed by atoms with van der Waals surface area (Å²) in [5.41, 5.74) is 6.57. The van der Waals surface area contributed by atoms with E-state index in [1.165, 1.54) is 17.8 Å². The van der Waals surface area contributed by atoms with E-state index >= 15 is 0 Å². The van der Waals surface area contributed by atoms with E-state index in [0.29, 0.717) is 6.54 Å². The van der Waals surface area contributed by atoms with Gasteiger partial charge in [0.15, 0.2) is 0 Å². The summed E-state index contributed by atoms with van der Waals surface area (Å²) >= 11 is 1.20. The Labute approximate surface area is 108 Å². The van der Waals surface area contributed by atoms with E-state index in [4.69, 9.17) is 5.73 Å². The second-order valence-electron chi connectivity index (χ2n) is 3.70. The average Bonchev–Trinajstić information content (AvgIpc) is 2.41. The number of pyridine rings is 1. The van der Waals surface area contributed by atoms with Crippen LogP contribution in [0.4, 0.5) is 8.78 Å². The molecule has 1 atom stereocenters. The fourth-order valence-corrected chi connectivity index (χ4v) is 2.58. The molecule has 0 aliphatic heterocycles. The number of aromatic nitrogens is 1. The number of nitrogens with two attached hydrogens (primary N) is 1. The van der Waals surface area contributed by atoms with Gasteiger partial charge in [0, 0.05) is 29.1 Å². The van der Waals surface area contributed by atoms with Crippen LogP contribution in [0.1, 0.15) is 10.8 Å².